The molecule has 3 fully saturated rings. The number of thioether (sulfide) groups is 1. The Hall–Kier alpha value is -1.51. The number of ether oxygens (including phenoxy) is 1. The van der Waals surface area contributed by atoms with Gasteiger partial charge < -0.3 is 14.7 Å². The molecule has 3 unspecified atom stereocenters. The second-order valence-corrected chi connectivity index (χ2v) is 7.90. The van der Waals surface area contributed by atoms with Crippen molar-refractivity contribution in [3.8, 4) is 0 Å². The van der Waals surface area contributed by atoms with Gasteiger partial charge >= 0.3 is 6.09 Å². The van der Waals surface area contributed by atoms with Crippen LogP contribution in [0.2, 0.25) is 0 Å². The van der Waals surface area contributed by atoms with Crippen molar-refractivity contribution in [1.29, 1.82) is 0 Å². The molecule has 0 aliphatic carbocycles. The number of nitrogens with zero attached hydrogens (tertiary/aromatic N) is 2. The van der Waals surface area contributed by atoms with Gasteiger partial charge in [-0.1, -0.05) is 0 Å². The van der Waals surface area contributed by atoms with E-state index in [4.69, 9.17) is 4.74 Å². The molecule has 2 bridgehead atoms. The minimum atomic E-state index is -0.668. The highest BCUT2D eigenvalue weighted by molar-refractivity contribution is 7.99. The van der Waals surface area contributed by atoms with Gasteiger partial charge in [0, 0.05) is 30.1 Å². The molecule has 4 rings (SSSR count). The standard InChI is InChI=1S/C17H22FN3O3S/c1-10(22)19-6-14-7-20(17(23)24-14)11-2-3-16(15(18)5-11)21-12-4-13(21)9-25-8-12/h2-3,5,10,12-14,19,22H,4,6-9H2,1H3/t10?,12?,13?,14-/m0/s1. The number of aliphatic hydroxyl groups is 1. The first kappa shape index (κ1) is 16.9. The molecule has 8 heteroatoms. The molecule has 0 aromatic heterocycles. The van der Waals surface area contributed by atoms with E-state index in [9.17, 15) is 14.3 Å². The molecule has 3 heterocycles. The van der Waals surface area contributed by atoms with Crippen LogP contribution in [0.25, 0.3) is 0 Å². The molecule has 0 spiro atoms. The van der Waals surface area contributed by atoms with Crippen molar-refractivity contribution >= 4 is 29.2 Å². The Labute approximate surface area is 150 Å². The zero-order valence-electron chi connectivity index (χ0n) is 14.0. The number of benzene rings is 1. The fourth-order valence-electron chi connectivity index (χ4n) is 3.75. The van der Waals surface area contributed by atoms with Gasteiger partial charge in [0.1, 0.15) is 18.1 Å². The molecule has 1 aromatic carbocycles. The summed E-state index contributed by atoms with van der Waals surface area (Å²) in [5, 5.41) is 12.1. The van der Waals surface area contributed by atoms with Crippen LogP contribution in [0, 0.1) is 5.82 Å². The summed E-state index contributed by atoms with van der Waals surface area (Å²) in [6.45, 7) is 2.30. The maximum absolute atomic E-state index is 14.7. The molecule has 1 amide bonds. The number of fused-ring (bicyclic) bond motifs is 2. The number of hydrogen-bond acceptors (Lipinski definition) is 6. The molecule has 0 radical (unpaired) electrons. The van der Waals surface area contributed by atoms with Crippen molar-refractivity contribution in [1.82, 2.24) is 5.32 Å². The molecular weight excluding hydrogens is 345 g/mol. The number of anilines is 2. The minimum Gasteiger partial charge on any atom is -0.443 e. The largest absolute Gasteiger partial charge is 0.443 e. The Balaban J connectivity index is 1.46. The van der Waals surface area contributed by atoms with Crippen LogP contribution in [0.3, 0.4) is 0 Å². The third-order valence-corrected chi connectivity index (χ3v) is 6.23. The molecular formula is C17H22FN3O3S. The van der Waals surface area contributed by atoms with Crippen LogP contribution in [0.4, 0.5) is 20.6 Å². The van der Waals surface area contributed by atoms with Crippen LogP contribution >= 0.6 is 11.8 Å². The summed E-state index contributed by atoms with van der Waals surface area (Å²) in [5.41, 5.74) is 1.14. The average molecular weight is 367 g/mol. The van der Waals surface area contributed by atoms with Crippen LogP contribution < -0.4 is 15.1 Å². The summed E-state index contributed by atoms with van der Waals surface area (Å²) in [6.07, 6.45) is -0.373. The van der Waals surface area contributed by atoms with Crippen LogP contribution in [-0.2, 0) is 4.74 Å². The second kappa shape index (κ2) is 6.66. The van der Waals surface area contributed by atoms with E-state index < -0.39 is 12.3 Å². The van der Waals surface area contributed by atoms with E-state index in [1.54, 1.807) is 19.1 Å². The lowest BCUT2D eigenvalue weighted by Gasteiger charge is -2.54. The number of nitrogens with one attached hydrogen (secondary N) is 1. The molecule has 3 aliphatic rings. The number of rotatable bonds is 5. The Bertz CT molecular complexity index is 661. The lowest BCUT2D eigenvalue weighted by atomic mass is 9.93. The summed E-state index contributed by atoms with van der Waals surface area (Å²) >= 11 is 1.93. The van der Waals surface area contributed by atoms with Gasteiger partial charge in [-0.2, -0.15) is 11.8 Å². The number of hydrogen-bond donors (Lipinski definition) is 2. The average Bonchev–Trinajstić information content (AvgIpc) is 2.96. The summed E-state index contributed by atoms with van der Waals surface area (Å²) in [5.74, 6) is 1.81. The number of halogens is 1. The number of carbonyl (C=O) groups excluding carboxylic acids is 1. The monoisotopic (exact) mass is 367 g/mol. The summed E-state index contributed by atoms with van der Waals surface area (Å²) in [6, 6.07) is 5.83. The van der Waals surface area contributed by atoms with E-state index in [1.165, 1.54) is 11.0 Å². The van der Waals surface area contributed by atoms with Gasteiger partial charge in [0.05, 0.1) is 17.9 Å². The highest BCUT2D eigenvalue weighted by atomic mass is 32.2. The van der Waals surface area contributed by atoms with Gasteiger partial charge in [-0.05, 0) is 31.5 Å². The highest BCUT2D eigenvalue weighted by Crippen LogP contribution is 2.42. The predicted octanol–water partition coefficient (Wildman–Crippen LogP) is 1.77. The molecule has 25 heavy (non-hydrogen) atoms. The van der Waals surface area contributed by atoms with Crippen LogP contribution in [-0.4, -0.2) is 60.2 Å². The van der Waals surface area contributed by atoms with E-state index >= 15 is 0 Å². The van der Waals surface area contributed by atoms with E-state index in [0.717, 1.165) is 17.9 Å². The van der Waals surface area contributed by atoms with Gasteiger partial charge in [0.2, 0.25) is 0 Å². The van der Waals surface area contributed by atoms with Gasteiger partial charge in [-0.3, -0.25) is 10.2 Å². The molecule has 0 saturated carbocycles. The van der Waals surface area contributed by atoms with Crippen molar-refractivity contribution in [3.05, 3.63) is 24.0 Å². The zero-order chi connectivity index (χ0) is 17.6. The lowest BCUT2D eigenvalue weighted by Crippen LogP contribution is -2.62. The van der Waals surface area contributed by atoms with Gasteiger partial charge in [0.15, 0.2) is 0 Å². The van der Waals surface area contributed by atoms with Crippen molar-refractivity contribution in [3.63, 3.8) is 0 Å². The van der Waals surface area contributed by atoms with Crippen molar-refractivity contribution in [2.45, 2.75) is 37.8 Å². The molecule has 4 atom stereocenters. The van der Waals surface area contributed by atoms with Crippen molar-refractivity contribution in [2.75, 3.05) is 34.4 Å². The topological polar surface area (TPSA) is 65.0 Å². The van der Waals surface area contributed by atoms with Crippen LogP contribution in [0.15, 0.2) is 18.2 Å². The van der Waals surface area contributed by atoms with E-state index in [-0.39, 0.29) is 11.9 Å². The fourth-order valence-corrected chi connectivity index (χ4v) is 5.02. The van der Waals surface area contributed by atoms with Crippen LogP contribution in [0.1, 0.15) is 13.3 Å². The maximum Gasteiger partial charge on any atom is 0.414 e. The summed E-state index contributed by atoms with van der Waals surface area (Å²) in [7, 11) is 0. The predicted molar refractivity (Wildman–Crippen MR) is 95.7 cm³/mol. The van der Waals surface area contributed by atoms with E-state index in [0.29, 0.717) is 36.5 Å². The molecule has 136 valence electrons. The SMILES string of the molecule is CC(O)NC[C@H]1CN(c2ccc(N3C4CSCC3C4)c(F)c2)C(=O)O1. The van der Waals surface area contributed by atoms with Crippen molar-refractivity contribution < 1.29 is 19.0 Å². The summed E-state index contributed by atoms with van der Waals surface area (Å²) in [4.78, 5) is 15.7. The Morgan fingerprint density at radius 1 is 1.44 bits per heavy atom. The van der Waals surface area contributed by atoms with Gasteiger partial charge in [0.25, 0.3) is 0 Å². The number of carbonyl (C=O) groups is 1. The third-order valence-electron chi connectivity index (χ3n) is 4.99. The Morgan fingerprint density at radius 3 is 2.84 bits per heavy atom. The second-order valence-electron chi connectivity index (χ2n) is 6.82. The normalized spacial score (nSPS) is 29.4. The van der Waals surface area contributed by atoms with E-state index in [1.807, 2.05) is 11.8 Å². The first-order valence-electron chi connectivity index (χ1n) is 8.58. The Morgan fingerprint density at radius 2 is 2.20 bits per heavy atom. The molecule has 2 N–H and O–H groups in total. The number of amides is 1. The van der Waals surface area contributed by atoms with E-state index in [2.05, 4.69) is 10.2 Å². The van der Waals surface area contributed by atoms with Gasteiger partial charge in [-0.25, -0.2) is 9.18 Å². The minimum absolute atomic E-state index is 0.294. The zero-order valence-corrected chi connectivity index (χ0v) is 14.8. The maximum atomic E-state index is 14.7. The molecule has 3 aliphatic heterocycles. The molecule has 6 nitrogen and oxygen atoms in total. The summed E-state index contributed by atoms with van der Waals surface area (Å²) < 4.78 is 20.0. The first-order valence-corrected chi connectivity index (χ1v) is 9.73. The molecule has 1 aromatic rings. The number of aliphatic hydroxyl groups excluding tert-OH is 1. The van der Waals surface area contributed by atoms with Crippen molar-refractivity contribution in [2.24, 2.45) is 0 Å². The molecule has 3 saturated heterocycles. The first-order chi connectivity index (χ1) is 12.0. The highest BCUT2D eigenvalue weighted by Gasteiger charge is 2.43. The quantitative estimate of drug-likeness (QED) is 0.774. The third kappa shape index (κ3) is 3.18. The smallest absolute Gasteiger partial charge is 0.414 e. The van der Waals surface area contributed by atoms with Gasteiger partial charge in [-0.15, -0.1) is 0 Å². The Kier molecular flexibility index (Phi) is 4.51. The lowest BCUT2D eigenvalue weighted by molar-refractivity contribution is 0.110. The van der Waals surface area contributed by atoms with Crippen LogP contribution in [0.5, 0.6) is 0 Å². The number of cyclic esters (lactones) is 1. The fraction of sp³-hybridized carbons (Fsp3) is 0.588.